The first-order valence-corrected chi connectivity index (χ1v) is 9.22. The average Bonchev–Trinajstić information content (AvgIpc) is 3.16. The van der Waals surface area contributed by atoms with E-state index in [9.17, 15) is 4.79 Å². The van der Waals surface area contributed by atoms with Crippen LogP contribution in [0.25, 0.3) is 0 Å². The maximum Gasteiger partial charge on any atom is 0.253 e. The van der Waals surface area contributed by atoms with E-state index in [0.29, 0.717) is 34.4 Å². The molecule has 0 radical (unpaired) electrons. The van der Waals surface area contributed by atoms with E-state index in [1.807, 2.05) is 19.1 Å². The first-order valence-electron chi connectivity index (χ1n) is 8.84. The second-order valence-corrected chi connectivity index (χ2v) is 7.75. The lowest BCUT2D eigenvalue weighted by atomic mass is 9.61. The molecule has 2 saturated carbocycles. The van der Waals surface area contributed by atoms with Crippen molar-refractivity contribution in [2.24, 2.45) is 17.8 Å². The minimum atomic E-state index is -0.0218. The van der Waals surface area contributed by atoms with Gasteiger partial charge in [-0.2, -0.15) is 0 Å². The van der Waals surface area contributed by atoms with Gasteiger partial charge >= 0.3 is 0 Å². The minimum absolute atomic E-state index is 0.0218. The molecule has 0 aromatic heterocycles. The molecule has 4 unspecified atom stereocenters. The van der Waals surface area contributed by atoms with Crippen LogP contribution in [0.1, 0.15) is 48.0 Å². The van der Waals surface area contributed by atoms with E-state index in [0.717, 1.165) is 18.6 Å². The minimum Gasteiger partial charge on any atom is -0.377 e. The summed E-state index contributed by atoms with van der Waals surface area (Å²) in [4.78, 5) is 12.8. The van der Waals surface area contributed by atoms with E-state index in [2.05, 4.69) is 5.32 Å². The Bertz CT molecular complexity index is 586. The van der Waals surface area contributed by atoms with Crippen molar-refractivity contribution in [1.82, 2.24) is 5.32 Å². The maximum atomic E-state index is 12.8. The third kappa shape index (κ3) is 2.58. The van der Waals surface area contributed by atoms with Crippen molar-refractivity contribution in [2.45, 2.75) is 51.2 Å². The number of carbonyl (C=O) groups excluding carboxylic acids is 1. The monoisotopic (exact) mass is 333 g/mol. The molecule has 1 N–H and O–H groups in total. The van der Waals surface area contributed by atoms with Crippen molar-refractivity contribution in [3.8, 4) is 0 Å². The van der Waals surface area contributed by atoms with Crippen molar-refractivity contribution in [3.63, 3.8) is 0 Å². The summed E-state index contributed by atoms with van der Waals surface area (Å²) in [5, 5.41) is 3.85. The average molecular weight is 334 g/mol. The number of hydrogen-bond donors (Lipinski definition) is 1. The molecule has 1 aromatic rings. The van der Waals surface area contributed by atoms with Gasteiger partial charge in [-0.25, -0.2) is 0 Å². The fraction of sp³-hybridized carbons (Fsp3) is 0.632. The van der Waals surface area contributed by atoms with Crippen LogP contribution >= 0.6 is 11.6 Å². The standard InChI is InChI=1S/C19H24ClNO2/c1-11-5-4-8-14(20)15(11)19(22)21-17-13-9-10-23-18(13)16(17)12-6-2-3-7-12/h4-5,8,12-13,16-18H,2-3,6-7,9-10H2,1H3,(H,21,22). The number of amides is 1. The van der Waals surface area contributed by atoms with Crippen LogP contribution in [-0.4, -0.2) is 24.7 Å². The number of fused-ring (bicyclic) bond motifs is 1. The molecule has 1 amide bonds. The number of rotatable bonds is 3. The van der Waals surface area contributed by atoms with Gasteiger partial charge in [0, 0.05) is 24.5 Å². The van der Waals surface area contributed by atoms with Gasteiger partial charge in [0.15, 0.2) is 0 Å². The molecule has 0 bridgehead atoms. The second-order valence-electron chi connectivity index (χ2n) is 7.34. The summed E-state index contributed by atoms with van der Waals surface area (Å²) in [6, 6.07) is 5.88. The first-order chi connectivity index (χ1) is 11.2. The quantitative estimate of drug-likeness (QED) is 0.908. The number of aryl methyl sites for hydroxylation is 1. The predicted octanol–water partition coefficient (Wildman–Crippen LogP) is 3.97. The number of hydrogen-bond acceptors (Lipinski definition) is 2. The van der Waals surface area contributed by atoms with E-state index in [-0.39, 0.29) is 11.9 Å². The Hall–Kier alpha value is -1.06. The van der Waals surface area contributed by atoms with Gasteiger partial charge in [0.05, 0.1) is 16.7 Å². The van der Waals surface area contributed by atoms with Crippen LogP contribution in [0, 0.1) is 24.7 Å². The van der Waals surface area contributed by atoms with E-state index >= 15 is 0 Å². The fourth-order valence-corrected chi connectivity index (χ4v) is 5.31. The first kappa shape index (κ1) is 15.5. The molecule has 3 nitrogen and oxygen atoms in total. The lowest BCUT2D eigenvalue weighted by molar-refractivity contribution is -0.0784. The van der Waals surface area contributed by atoms with Crippen LogP contribution < -0.4 is 5.32 Å². The molecular weight excluding hydrogens is 310 g/mol. The Morgan fingerprint density at radius 1 is 1.26 bits per heavy atom. The third-order valence-electron chi connectivity index (χ3n) is 6.13. The van der Waals surface area contributed by atoms with Crippen molar-refractivity contribution >= 4 is 17.5 Å². The van der Waals surface area contributed by atoms with Crippen molar-refractivity contribution in [1.29, 1.82) is 0 Å². The SMILES string of the molecule is Cc1cccc(Cl)c1C(=O)NC1C2CCOC2C1C1CCCC1. The van der Waals surface area contributed by atoms with Crippen LogP contribution in [0.2, 0.25) is 5.02 Å². The highest BCUT2D eigenvalue weighted by Gasteiger charge is 2.57. The van der Waals surface area contributed by atoms with E-state index in [1.165, 1.54) is 25.7 Å². The maximum absolute atomic E-state index is 12.8. The zero-order valence-electron chi connectivity index (χ0n) is 13.6. The van der Waals surface area contributed by atoms with Gasteiger partial charge in [-0.05, 0) is 30.9 Å². The molecule has 23 heavy (non-hydrogen) atoms. The van der Waals surface area contributed by atoms with Crippen LogP contribution in [0.3, 0.4) is 0 Å². The summed E-state index contributed by atoms with van der Waals surface area (Å²) in [5.41, 5.74) is 1.56. The molecule has 4 atom stereocenters. The van der Waals surface area contributed by atoms with Gasteiger partial charge in [0.2, 0.25) is 0 Å². The van der Waals surface area contributed by atoms with Gasteiger partial charge in [0.1, 0.15) is 0 Å². The molecule has 4 heteroatoms. The summed E-state index contributed by atoms with van der Waals surface area (Å²) in [6.45, 7) is 2.79. The molecule has 1 saturated heterocycles. The summed E-state index contributed by atoms with van der Waals surface area (Å²) in [5.74, 6) is 1.68. The topological polar surface area (TPSA) is 38.3 Å². The van der Waals surface area contributed by atoms with Crippen molar-refractivity contribution in [3.05, 3.63) is 34.3 Å². The molecule has 124 valence electrons. The van der Waals surface area contributed by atoms with E-state index in [4.69, 9.17) is 16.3 Å². The largest absolute Gasteiger partial charge is 0.377 e. The Balaban J connectivity index is 1.53. The van der Waals surface area contributed by atoms with Crippen molar-refractivity contribution in [2.75, 3.05) is 6.61 Å². The molecule has 3 aliphatic rings. The number of ether oxygens (including phenoxy) is 1. The van der Waals surface area contributed by atoms with Crippen LogP contribution in [0.5, 0.6) is 0 Å². The third-order valence-corrected chi connectivity index (χ3v) is 6.44. The Labute approximate surface area is 142 Å². The van der Waals surface area contributed by atoms with E-state index < -0.39 is 0 Å². The smallest absolute Gasteiger partial charge is 0.253 e. The van der Waals surface area contributed by atoms with E-state index in [1.54, 1.807) is 6.07 Å². The lowest BCUT2D eigenvalue weighted by Crippen LogP contribution is -2.63. The summed E-state index contributed by atoms with van der Waals surface area (Å²) < 4.78 is 5.96. The number of nitrogens with one attached hydrogen (secondary N) is 1. The van der Waals surface area contributed by atoms with Crippen molar-refractivity contribution < 1.29 is 9.53 Å². The van der Waals surface area contributed by atoms with Gasteiger partial charge in [-0.3, -0.25) is 4.79 Å². The lowest BCUT2D eigenvalue weighted by Gasteiger charge is -2.50. The van der Waals surface area contributed by atoms with Gasteiger partial charge < -0.3 is 10.1 Å². The molecular formula is C19H24ClNO2. The van der Waals surface area contributed by atoms with Gasteiger partial charge in [0.25, 0.3) is 5.91 Å². The van der Waals surface area contributed by atoms with Crippen LogP contribution in [-0.2, 0) is 4.74 Å². The fourth-order valence-electron chi connectivity index (χ4n) is 5.00. The zero-order valence-corrected chi connectivity index (χ0v) is 14.3. The Morgan fingerprint density at radius 3 is 2.78 bits per heavy atom. The van der Waals surface area contributed by atoms with Crippen LogP contribution in [0.15, 0.2) is 18.2 Å². The molecule has 1 aromatic carbocycles. The summed E-state index contributed by atoms with van der Waals surface area (Å²) >= 11 is 6.26. The zero-order chi connectivity index (χ0) is 16.0. The Kier molecular flexibility index (Phi) is 4.10. The normalized spacial score (nSPS) is 33.3. The molecule has 0 spiro atoms. The number of carbonyl (C=O) groups is 1. The number of halogens is 1. The summed E-state index contributed by atoms with van der Waals surface area (Å²) in [6.07, 6.45) is 6.66. The Morgan fingerprint density at radius 2 is 2.04 bits per heavy atom. The molecule has 1 aliphatic heterocycles. The predicted molar refractivity (Wildman–Crippen MR) is 90.7 cm³/mol. The molecule has 1 heterocycles. The van der Waals surface area contributed by atoms with Gasteiger partial charge in [-0.1, -0.05) is 49.4 Å². The number of benzene rings is 1. The van der Waals surface area contributed by atoms with Gasteiger partial charge in [-0.15, -0.1) is 0 Å². The highest BCUT2D eigenvalue weighted by atomic mass is 35.5. The molecule has 3 fully saturated rings. The second kappa shape index (κ2) is 6.10. The van der Waals surface area contributed by atoms with Crippen LogP contribution in [0.4, 0.5) is 0 Å². The summed E-state index contributed by atoms with van der Waals surface area (Å²) in [7, 11) is 0. The molecule has 4 rings (SSSR count). The highest BCUT2D eigenvalue weighted by molar-refractivity contribution is 6.34. The highest BCUT2D eigenvalue weighted by Crippen LogP contribution is 2.51. The molecule has 2 aliphatic carbocycles.